The topological polar surface area (TPSA) is 28.2 Å². The summed E-state index contributed by atoms with van der Waals surface area (Å²) < 4.78 is 1.09. The molecular weight excluding hydrogens is 278 g/mol. The summed E-state index contributed by atoms with van der Waals surface area (Å²) in [6.45, 7) is 6.65. The summed E-state index contributed by atoms with van der Waals surface area (Å²) in [5.41, 5.74) is 0. The molecule has 1 aliphatic heterocycles. The molecule has 1 aromatic rings. The second-order valence-electron chi connectivity index (χ2n) is 4.54. The summed E-state index contributed by atoms with van der Waals surface area (Å²) in [4.78, 5) is 6.85. The van der Waals surface area contributed by atoms with Crippen LogP contribution < -0.4 is 10.2 Å². The number of nitrogens with zero attached hydrogens (tertiary/aromatic N) is 2. The SMILES string of the molecule is CCN(CC1CCNCC1)c1ncccc1Br. The normalized spacial score (nSPS) is 17.1. The molecule has 0 radical (unpaired) electrons. The first-order chi connectivity index (χ1) is 8.31. The lowest BCUT2D eigenvalue weighted by Gasteiger charge is -2.30. The number of rotatable bonds is 4. The first-order valence-corrected chi connectivity index (χ1v) is 7.16. The van der Waals surface area contributed by atoms with E-state index < -0.39 is 0 Å². The summed E-state index contributed by atoms with van der Waals surface area (Å²) >= 11 is 3.59. The second-order valence-corrected chi connectivity index (χ2v) is 5.40. The zero-order valence-corrected chi connectivity index (χ0v) is 11.9. The van der Waals surface area contributed by atoms with E-state index in [0.717, 1.165) is 42.4 Å². The number of pyridine rings is 1. The van der Waals surface area contributed by atoms with E-state index in [9.17, 15) is 0 Å². The van der Waals surface area contributed by atoms with E-state index in [-0.39, 0.29) is 0 Å². The Morgan fingerprint density at radius 3 is 2.88 bits per heavy atom. The lowest BCUT2D eigenvalue weighted by Crippen LogP contribution is -2.36. The van der Waals surface area contributed by atoms with Gasteiger partial charge in [-0.1, -0.05) is 0 Å². The first kappa shape index (κ1) is 12.8. The molecule has 2 rings (SSSR count). The number of hydrogen-bond donors (Lipinski definition) is 1. The van der Waals surface area contributed by atoms with Gasteiger partial charge in [0, 0.05) is 19.3 Å². The van der Waals surface area contributed by atoms with Gasteiger partial charge in [-0.3, -0.25) is 0 Å². The summed E-state index contributed by atoms with van der Waals surface area (Å²) in [5.74, 6) is 1.87. The van der Waals surface area contributed by atoms with E-state index >= 15 is 0 Å². The zero-order valence-electron chi connectivity index (χ0n) is 10.3. The van der Waals surface area contributed by atoms with Gasteiger partial charge in [-0.15, -0.1) is 0 Å². The lowest BCUT2D eigenvalue weighted by molar-refractivity contribution is 0.374. The van der Waals surface area contributed by atoms with Gasteiger partial charge in [-0.2, -0.15) is 0 Å². The van der Waals surface area contributed by atoms with Crippen molar-refractivity contribution in [2.45, 2.75) is 19.8 Å². The molecule has 0 spiro atoms. The molecule has 0 amide bonds. The molecule has 4 heteroatoms. The maximum absolute atomic E-state index is 4.48. The van der Waals surface area contributed by atoms with Gasteiger partial charge < -0.3 is 10.2 Å². The number of hydrogen-bond acceptors (Lipinski definition) is 3. The van der Waals surface area contributed by atoms with Crippen LogP contribution in [0.2, 0.25) is 0 Å². The Morgan fingerprint density at radius 1 is 1.47 bits per heavy atom. The first-order valence-electron chi connectivity index (χ1n) is 6.37. The van der Waals surface area contributed by atoms with Crippen LogP contribution >= 0.6 is 15.9 Å². The second kappa shape index (κ2) is 6.36. The van der Waals surface area contributed by atoms with Crippen LogP contribution in [0, 0.1) is 5.92 Å². The highest BCUT2D eigenvalue weighted by molar-refractivity contribution is 9.10. The number of nitrogens with one attached hydrogen (secondary N) is 1. The van der Waals surface area contributed by atoms with Crippen molar-refractivity contribution >= 4 is 21.7 Å². The predicted octanol–water partition coefficient (Wildman–Crippen LogP) is 2.67. The Balaban J connectivity index is 2.03. The Labute approximate surface area is 112 Å². The molecule has 1 aliphatic rings. The maximum Gasteiger partial charge on any atom is 0.142 e. The van der Waals surface area contributed by atoms with E-state index in [1.54, 1.807) is 0 Å². The minimum atomic E-state index is 0.796. The van der Waals surface area contributed by atoms with Crippen molar-refractivity contribution in [2.24, 2.45) is 5.92 Å². The molecule has 0 atom stereocenters. The lowest BCUT2D eigenvalue weighted by atomic mass is 9.97. The predicted molar refractivity (Wildman–Crippen MR) is 75.4 cm³/mol. The van der Waals surface area contributed by atoms with Crippen molar-refractivity contribution < 1.29 is 0 Å². The fraction of sp³-hybridized carbons (Fsp3) is 0.615. The molecule has 1 N–H and O–H groups in total. The minimum Gasteiger partial charge on any atom is -0.356 e. The van der Waals surface area contributed by atoms with Crippen LogP contribution in [0.5, 0.6) is 0 Å². The Morgan fingerprint density at radius 2 is 2.24 bits per heavy atom. The molecule has 0 bridgehead atoms. The standard InChI is InChI=1S/C13H20BrN3/c1-2-17(10-11-5-8-15-9-6-11)13-12(14)4-3-7-16-13/h3-4,7,11,15H,2,5-6,8-10H2,1H3. The Kier molecular flexibility index (Phi) is 4.80. The van der Waals surface area contributed by atoms with Gasteiger partial charge in [0.2, 0.25) is 0 Å². The van der Waals surface area contributed by atoms with Crippen LogP contribution in [-0.2, 0) is 0 Å². The molecule has 0 saturated carbocycles. The summed E-state index contributed by atoms with van der Waals surface area (Å²) in [5, 5.41) is 3.41. The van der Waals surface area contributed by atoms with E-state index in [2.05, 4.69) is 44.1 Å². The molecule has 0 unspecified atom stereocenters. The van der Waals surface area contributed by atoms with Crippen LogP contribution in [0.1, 0.15) is 19.8 Å². The fourth-order valence-electron chi connectivity index (χ4n) is 2.35. The average Bonchev–Trinajstić information content (AvgIpc) is 2.38. The van der Waals surface area contributed by atoms with Gasteiger partial charge in [0.1, 0.15) is 5.82 Å². The van der Waals surface area contributed by atoms with Crippen molar-refractivity contribution in [1.82, 2.24) is 10.3 Å². The molecule has 94 valence electrons. The molecule has 1 aromatic heterocycles. The molecule has 2 heterocycles. The van der Waals surface area contributed by atoms with E-state index in [1.165, 1.54) is 12.8 Å². The summed E-state index contributed by atoms with van der Waals surface area (Å²) in [6.07, 6.45) is 4.42. The third-order valence-electron chi connectivity index (χ3n) is 3.36. The van der Waals surface area contributed by atoms with Crippen LogP contribution in [0.3, 0.4) is 0 Å². The van der Waals surface area contributed by atoms with Gasteiger partial charge >= 0.3 is 0 Å². The van der Waals surface area contributed by atoms with E-state index in [4.69, 9.17) is 0 Å². The Bertz CT molecular complexity index is 350. The third kappa shape index (κ3) is 3.42. The van der Waals surface area contributed by atoms with E-state index in [1.807, 2.05) is 12.3 Å². The third-order valence-corrected chi connectivity index (χ3v) is 3.98. The number of aromatic nitrogens is 1. The maximum atomic E-state index is 4.48. The molecule has 0 aliphatic carbocycles. The van der Waals surface area contributed by atoms with Crippen molar-refractivity contribution in [1.29, 1.82) is 0 Å². The smallest absolute Gasteiger partial charge is 0.142 e. The average molecular weight is 298 g/mol. The van der Waals surface area contributed by atoms with Crippen LogP contribution in [-0.4, -0.2) is 31.2 Å². The largest absolute Gasteiger partial charge is 0.356 e. The molecule has 0 aromatic carbocycles. The minimum absolute atomic E-state index is 0.796. The molecular formula is C13H20BrN3. The van der Waals surface area contributed by atoms with Gasteiger partial charge in [-0.05, 0) is 66.8 Å². The number of halogens is 1. The van der Waals surface area contributed by atoms with Crippen molar-refractivity contribution in [2.75, 3.05) is 31.1 Å². The highest BCUT2D eigenvalue weighted by Crippen LogP contribution is 2.25. The molecule has 3 nitrogen and oxygen atoms in total. The van der Waals surface area contributed by atoms with Crippen molar-refractivity contribution in [3.05, 3.63) is 22.8 Å². The highest BCUT2D eigenvalue weighted by Gasteiger charge is 2.18. The van der Waals surface area contributed by atoms with Gasteiger partial charge in [0.05, 0.1) is 4.47 Å². The molecule has 17 heavy (non-hydrogen) atoms. The van der Waals surface area contributed by atoms with Crippen LogP contribution in [0.15, 0.2) is 22.8 Å². The number of anilines is 1. The molecule has 1 saturated heterocycles. The van der Waals surface area contributed by atoms with Crippen molar-refractivity contribution in [3.63, 3.8) is 0 Å². The van der Waals surface area contributed by atoms with Gasteiger partial charge in [0.15, 0.2) is 0 Å². The van der Waals surface area contributed by atoms with Crippen LogP contribution in [0.4, 0.5) is 5.82 Å². The van der Waals surface area contributed by atoms with Crippen molar-refractivity contribution in [3.8, 4) is 0 Å². The van der Waals surface area contributed by atoms with Crippen LogP contribution in [0.25, 0.3) is 0 Å². The fourth-order valence-corrected chi connectivity index (χ4v) is 2.86. The quantitative estimate of drug-likeness (QED) is 0.926. The van der Waals surface area contributed by atoms with Gasteiger partial charge in [0.25, 0.3) is 0 Å². The number of piperidine rings is 1. The summed E-state index contributed by atoms with van der Waals surface area (Å²) in [7, 11) is 0. The van der Waals surface area contributed by atoms with Gasteiger partial charge in [-0.25, -0.2) is 4.98 Å². The summed E-state index contributed by atoms with van der Waals surface area (Å²) in [6, 6.07) is 4.03. The molecule has 1 fully saturated rings. The van der Waals surface area contributed by atoms with E-state index in [0.29, 0.717) is 0 Å². The monoisotopic (exact) mass is 297 g/mol. The Hall–Kier alpha value is -0.610. The zero-order chi connectivity index (χ0) is 12.1. The highest BCUT2D eigenvalue weighted by atomic mass is 79.9.